The molecular formula is C19H34N2O4. The third-order valence-corrected chi connectivity index (χ3v) is 4.61. The van der Waals surface area contributed by atoms with Gasteiger partial charge in [0.1, 0.15) is 5.78 Å². The Morgan fingerprint density at radius 3 is 2.28 bits per heavy atom. The summed E-state index contributed by atoms with van der Waals surface area (Å²) in [7, 11) is 0. The molecule has 0 aromatic carbocycles. The highest BCUT2D eigenvalue weighted by Gasteiger charge is 2.24. The van der Waals surface area contributed by atoms with E-state index in [1.54, 1.807) is 6.92 Å². The maximum atomic E-state index is 11.9. The minimum absolute atomic E-state index is 0.00652. The second kappa shape index (κ2) is 12.9. The normalized spacial score (nSPS) is 20.1. The fourth-order valence-corrected chi connectivity index (χ4v) is 3.09. The zero-order chi connectivity index (χ0) is 18.5. The third-order valence-electron chi connectivity index (χ3n) is 4.61. The lowest BCUT2D eigenvalue weighted by molar-refractivity contribution is -0.123. The van der Waals surface area contributed by atoms with E-state index in [0.717, 1.165) is 45.1 Å². The van der Waals surface area contributed by atoms with Crippen LogP contribution in [-0.4, -0.2) is 43.4 Å². The van der Waals surface area contributed by atoms with Crippen LogP contribution in [0.1, 0.15) is 71.6 Å². The quantitative estimate of drug-likeness (QED) is 0.527. The summed E-state index contributed by atoms with van der Waals surface area (Å²) < 4.78 is 5.35. The highest BCUT2D eigenvalue weighted by Crippen LogP contribution is 2.24. The Morgan fingerprint density at radius 1 is 0.960 bits per heavy atom. The van der Waals surface area contributed by atoms with Crippen molar-refractivity contribution in [3.05, 3.63) is 0 Å². The van der Waals surface area contributed by atoms with Crippen LogP contribution in [0.5, 0.6) is 0 Å². The molecule has 6 nitrogen and oxygen atoms in total. The van der Waals surface area contributed by atoms with Gasteiger partial charge < -0.3 is 15.4 Å². The Balaban J connectivity index is 2.01. The number of ether oxygens (including phenoxy) is 1. The summed E-state index contributed by atoms with van der Waals surface area (Å²) in [6, 6.07) is 0.181. The summed E-state index contributed by atoms with van der Waals surface area (Å²) in [4.78, 5) is 35.0. The second-order valence-corrected chi connectivity index (χ2v) is 6.90. The molecule has 6 heteroatoms. The van der Waals surface area contributed by atoms with Crippen LogP contribution in [0, 0.1) is 5.92 Å². The van der Waals surface area contributed by atoms with Gasteiger partial charge in [0.15, 0.2) is 0 Å². The van der Waals surface area contributed by atoms with E-state index in [4.69, 9.17) is 4.74 Å². The zero-order valence-electron chi connectivity index (χ0n) is 15.8. The molecule has 0 atom stereocenters. The van der Waals surface area contributed by atoms with E-state index in [0.29, 0.717) is 32.4 Å². The van der Waals surface area contributed by atoms with Crippen molar-refractivity contribution in [2.24, 2.45) is 5.92 Å². The van der Waals surface area contributed by atoms with Crippen molar-refractivity contribution in [2.45, 2.75) is 77.7 Å². The summed E-state index contributed by atoms with van der Waals surface area (Å²) in [5, 5.41) is 5.87. The zero-order valence-corrected chi connectivity index (χ0v) is 15.8. The predicted octanol–water partition coefficient (Wildman–Crippen LogP) is 2.35. The average molecular weight is 354 g/mol. The molecule has 1 saturated carbocycles. The average Bonchev–Trinajstić information content (AvgIpc) is 2.58. The maximum Gasteiger partial charge on any atom is 0.220 e. The molecule has 0 heterocycles. The fourth-order valence-electron chi connectivity index (χ4n) is 3.09. The molecule has 2 N–H and O–H groups in total. The Labute approximate surface area is 151 Å². The van der Waals surface area contributed by atoms with Gasteiger partial charge in [-0.15, -0.1) is 0 Å². The molecule has 0 saturated heterocycles. The molecule has 0 radical (unpaired) electrons. The number of hydrogen-bond acceptors (Lipinski definition) is 4. The minimum Gasteiger partial charge on any atom is -0.381 e. The molecule has 1 fully saturated rings. The van der Waals surface area contributed by atoms with E-state index < -0.39 is 0 Å². The van der Waals surface area contributed by atoms with Gasteiger partial charge in [-0.3, -0.25) is 14.4 Å². The molecule has 0 unspecified atom stereocenters. The van der Waals surface area contributed by atoms with Gasteiger partial charge in [-0.25, -0.2) is 0 Å². The lowest BCUT2D eigenvalue weighted by Gasteiger charge is -2.27. The first-order chi connectivity index (χ1) is 12.0. The first-order valence-corrected chi connectivity index (χ1v) is 9.67. The SMILES string of the molecule is CCCOCCCNC(=O)CCCC(=O)NC1CCC(C(C)=O)CC1. The number of hydrogen-bond donors (Lipinski definition) is 2. The third kappa shape index (κ3) is 10.2. The van der Waals surface area contributed by atoms with Crippen LogP contribution in [0.2, 0.25) is 0 Å². The Kier molecular flexibility index (Phi) is 11.1. The molecule has 1 rings (SSSR count). The van der Waals surface area contributed by atoms with Gasteiger partial charge in [0.2, 0.25) is 11.8 Å². The van der Waals surface area contributed by atoms with Crippen molar-refractivity contribution < 1.29 is 19.1 Å². The van der Waals surface area contributed by atoms with Gasteiger partial charge in [-0.2, -0.15) is 0 Å². The number of ketones is 1. The van der Waals surface area contributed by atoms with Gasteiger partial charge in [0, 0.05) is 44.6 Å². The predicted molar refractivity (Wildman–Crippen MR) is 97.2 cm³/mol. The van der Waals surface area contributed by atoms with E-state index >= 15 is 0 Å². The van der Waals surface area contributed by atoms with Gasteiger partial charge in [-0.1, -0.05) is 6.92 Å². The maximum absolute atomic E-state index is 11.9. The van der Waals surface area contributed by atoms with Crippen LogP contribution in [0.4, 0.5) is 0 Å². The summed E-state index contributed by atoms with van der Waals surface area (Å²) >= 11 is 0. The summed E-state index contributed by atoms with van der Waals surface area (Å²) in [5.41, 5.74) is 0. The van der Waals surface area contributed by atoms with Crippen molar-refractivity contribution >= 4 is 17.6 Å². The van der Waals surface area contributed by atoms with Crippen LogP contribution >= 0.6 is 0 Å². The standard InChI is InChI=1S/C19H34N2O4/c1-3-13-25-14-5-12-20-18(23)6-4-7-19(24)21-17-10-8-16(9-11-17)15(2)22/h16-17H,3-14H2,1-2H3,(H,20,23)(H,21,24). The van der Waals surface area contributed by atoms with E-state index in [1.807, 2.05) is 0 Å². The number of rotatable bonds is 12. The molecule has 0 bridgehead atoms. The molecule has 25 heavy (non-hydrogen) atoms. The van der Waals surface area contributed by atoms with E-state index in [1.165, 1.54) is 0 Å². The van der Waals surface area contributed by atoms with Crippen molar-refractivity contribution in [1.82, 2.24) is 10.6 Å². The van der Waals surface area contributed by atoms with Gasteiger partial charge in [0.25, 0.3) is 0 Å². The van der Waals surface area contributed by atoms with Crippen molar-refractivity contribution in [3.8, 4) is 0 Å². The largest absolute Gasteiger partial charge is 0.381 e. The topological polar surface area (TPSA) is 84.5 Å². The summed E-state index contributed by atoms with van der Waals surface area (Å²) in [6.07, 6.45) is 6.61. The van der Waals surface area contributed by atoms with Crippen LogP contribution in [-0.2, 0) is 19.1 Å². The second-order valence-electron chi connectivity index (χ2n) is 6.90. The van der Waals surface area contributed by atoms with E-state index in [-0.39, 0.29) is 29.6 Å². The molecule has 0 aromatic rings. The summed E-state index contributed by atoms with van der Waals surface area (Å²) in [6.45, 7) is 5.76. The van der Waals surface area contributed by atoms with Crippen LogP contribution in [0.25, 0.3) is 0 Å². The minimum atomic E-state index is -0.00902. The molecule has 0 aromatic heterocycles. The fraction of sp³-hybridized carbons (Fsp3) is 0.842. The molecular weight excluding hydrogens is 320 g/mol. The monoisotopic (exact) mass is 354 g/mol. The number of nitrogens with one attached hydrogen (secondary N) is 2. The lowest BCUT2D eigenvalue weighted by Crippen LogP contribution is -2.38. The van der Waals surface area contributed by atoms with Crippen molar-refractivity contribution in [3.63, 3.8) is 0 Å². The first kappa shape index (κ1) is 21.6. The number of carbonyl (C=O) groups excluding carboxylic acids is 3. The molecule has 0 spiro atoms. The number of Topliss-reactive ketones (excluding diaryl/α,β-unsaturated/α-hetero) is 1. The lowest BCUT2D eigenvalue weighted by atomic mass is 9.84. The molecule has 0 aliphatic heterocycles. The van der Waals surface area contributed by atoms with Gasteiger partial charge in [0.05, 0.1) is 0 Å². The van der Waals surface area contributed by atoms with Gasteiger partial charge >= 0.3 is 0 Å². The van der Waals surface area contributed by atoms with Crippen LogP contribution in [0.15, 0.2) is 0 Å². The Bertz CT molecular complexity index is 418. The molecule has 2 amide bonds. The molecule has 1 aliphatic rings. The van der Waals surface area contributed by atoms with Crippen LogP contribution in [0.3, 0.4) is 0 Å². The molecule has 1 aliphatic carbocycles. The summed E-state index contributed by atoms with van der Waals surface area (Å²) in [5.74, 6) is 0.425. The van der Waals surface area contributed by atoms with Crippen molar-refractivity contribution in [2.75, 3.05) is 19.8 Å². The smallest absolute Gasteiger partial charge is 0.220 e. The van der Waals surface area contributed by atoms with E-state index in [9.17, 15) is 14.4 Å². The highest BCUT2D eigenvalue weighted by molar-refractivity contribution is 5.79. The number of carbonyl (C=O) groups is 3. The first-order valence-electron chi connectivity index (χ1n) is 9.67. The number of amides is 2. The van der Waals surface area contributed by atoms with Gasteiger partial charge in [-0.05, 0) is 51.9 Å². The van der Waals surface area contributed by atoms with Crippen molar-refractivity contribution in [1.29, 1.82) is 0 Å². The highest BCUT2D eigenvalue weighted by atomic mass is 16.5. The Hall–Kier alpha value is -1.43. The van der Waals surface area contributed by atoms with E-state index in [2.05, 4.69) is 17.6 Å². The molecule has 144 valence electrons. The van der Waals surface area contributed by atoms with Crippen LogP contribution < -0.4 is 10.6 Å². The Morgan fingerprint density at radius 2 is 1.64 bits per heavy atom.